The summed E-state index contributed by atoms with van der Waals surface area (Å²) in [5, 5.41) is 2.54. The minimum atomic E-state index is -0.171. The second-order valence-electron chi connectivity index (χ2n) is 8.22. The van der Waals surface area contributed by atoms with E-state index >= 15 is 0 Å². The van der Waals surface area contributed by atoms with Gasteiger partial charge >= 0.3 is 0 Å². The van der Waals surface area contributed by atoms with Crippen molar-refractivity contribution in [2.45, 2.75) is 0 Å². The van der Waals surface area contributed by atoms with Crippen LogP contribution >= 0.6 is 0 Å². The molecule has 1 aliphatic rings. The topological polar surface area (TPSA) is 70.8 Å². The summed E-state index contributed by atoms with van der Waals surface area (Å²) >= 11 is 0. The molecule has 7 heteroatoms. The molecular weight excluding hydrogens is 414 g/mol. The number of fused-ring (bicyclic) bond motifs is 3. The van der Waals surface area contributed by atoms with Crippen LogP contribution in [0.25, 0.3) is 27.3 Å². The van der Waals surface area contributed by atoms with Crippen LogP contribution < -0.4 is 10.5 Å². The highest BCUT2D eigenvalue weighted by molar-refractivity contribution is 6.02. The molecule has 6 rings (SSSR count). The Bertz CT molecular complexity index is 1570. The monoisotopic (exact) mass is 435 g/mol. The molecule has 4 heterocycles. The van der Waals surface area contributed by atoms with Crippen molar-refractivity contribution in [3.8, 4) is 0 Å². The number of carbonyl (C=O) groups excluding carboxylic acids is 1. The van der Waals surface area contributed by atoms with Crippen molar-refractivity contribution in [3.63, 3.8) is 0 Å². The first-order chi connectivity index (χ1) is 16.2. The molecule has 162 valence electrons. The number of pyridine rings is 2. The van der Waals surface area contributed by atoms with Crippen molar-refractivity contribution in [2.75, 3.05) is 31.1 Å². The van der Waals surface area contributed by atoms with E-state index in [1.54, 1.807) is 24.5 Å². The number of hydrogen-bond acceptors (Lipinski definition) is 5. The minimum absolute atomic E-state index is 0.110. The van der Waals surface area contributed by atoms with Gasteiger partial charge < -0.3 is 9.80 Å². The Kier molecular flexibility index (Phi) is 4.54. The van der Waals surface area contributed by atoms with Gasteiger partial charge in [0.05, 0.1) is 16.5 Å². The Morgan fingerprint density at radius 2 is 1.61 bits per heavy atom. The molecule has 3 aromatic heterocycles. The van der Waals surface area contributed by atoms with Gasteiger partial charge in [-0.25, -0.2) is 9.97 Å². The zero-order chi connectivity index (χ0) is 22.4. The Balaban J connectivity index is 1.38. The van der Waals surface area contributed by atoms with Crippen molar-refractivity contribution in [3.05, 3.63) is 95.0 Å². The van der Waals surface area contributed by atoms with Crippen molar-refractivity contribution in [2.24, 2.45) is 0 Å². The number of anilines is 1. The van der Waals surface area contributed by atoms with Crippen LogP contribution in [-0.4, -0.2) is 51.4 Å². The summed E-state index contributed by atoms with van der Waals surface area (Å²) in [6, 6.07) is 21.0. The molecule has 1 saturated heterocycles. The molecule has 1 fully saturated rings. The van der Waals surface area contributed by atoms with Gasteiger partial charge in [0.25, 0.3) is 11.5 Å². The van der Waals surface area contributed by atoms with Crippen LogP contribution in [0.5, 0.6) is 0 Å². The Labute approximate surface area is 189 Å². The van der Waals surface area contributed by atoms with Crippen LogP contribution in [0.15, 0.2) is 83.9 Å². The van der Waals surface area contributed by atoms with Gasteiger partial charge in [-0.2, -0.15) is 0 Å². The van der Waals surface area contributed by atoms with Gasteiger partial charge in [-0.05, 0) is 47.2 Å². The molecule has 2 aromatic carbocycles. The van der Waals surface area contributed by atoms with Crippen LogP contribution in [0, 0.1) is 0 Å². The number of amides is 1. The summed E-state index contributed by atoms with van der Waals surface area (Å²) in [4.78, 5) is 39.9. The fourth-order valence-corrected chi connectivity index (χ4v) is 4.53. The van der Waals surface area contributed by atoms with Crippen LogP contribution in [0.4, 0.5) is 5.82 Å². The first-order valence-corrected chi connectivity index (χ1v) is 11.0. The molecule has 0 unspecified atom stereocenters. The van der Waals surface area contributed by atoms with Crippen molar-refractivity contribution >= 4 is 39.0 Å². The highest BCUT2D eigenvalue weighted by atomic mass is 16.2. The van der Waals surface area contributed by atoms with E-state index in [0.717, 1.165) is 16.6 Å². The summed E-state index contributed by atoms with van der Waals surface area (Å²) < 4.78 is 1.48. The average molecular weight is 435 g/mol. The summed E-state index contributed by atoms with van der Waals surface area (Å²) in [5.41, 5.74) is 1.26. The minimum Gasteiger partial charge on any atom is -0.353 e. The van der Waals surface area contributed by atoms with Gasteiger partial charge in [-0.3, -0.25) is 14.0 Å². The molecule has 7 nitrogen and oxygen atoms in total. The molecule has 1 amide bonds. The smallest absolute Gasteiger partial charge is 0.265 e. The SMILES string of the molecule is O=C(c1cccn2c(=O)c3cc4ccccc4cc3nc12)N1CCN(c2ccccn2)CC1. The van der Waals surface area contributed by atoms with Gasteiger partial charge in [-0.1, -0.05) is 30.3 Å². The maximum absolute atomic E-state index is 13.5. The first kappa shape index (κ1) is 19.4. The second-order valence-corrected chi connectivity index (χ2v) is 8.22. The van der Waals surface area contributed by atoms with Crippen LogP contribution in [0.3, 0.4) is 0 Å². The van der Waals surface area contributed by atoms with E-state index in [1.807, 2.05) is 59.5 Å². The Morgan fingerprint density at radius 1 is 0.848 bits per heavy atom. The number of rotatable bonds is 2. The van der Waals surface area contributed by atoms with Crippen LogP contribution in [-0.2, 0) is 0 Å². The predicted molar refractivity (Wildman–Crippen MR) is 129 cm³/mol. The fraction of sp³-hybridized carbons (Fsp3) is 0.154. The third kappa shape index (κ3) is 3.29. The lowest BCUT2D eigenvalue weighted by molar-refractivity contribution is 0.0748. The highest BCUT2D eigenvalue weighted by Gasteiger charge is 2.25. The standard InChI is InChI=1S/C26H21N5O2/c32-25(30-14-12-29(13-15-30)23-9-3-4-10-27-23)20-8-5-11-31-24(20)28-22-17-19-7-2-1-6-18(19)16-21(22)26(31)33/h1-11,16-17H,12-15H2. The molecule has 0 radical (unpaired) electrons. The van der Waals surface area contributed by atoms with Gasteiger partial charge in [0.15, 0.2) is 5.65 Å². The first-order valence-electron chi connectivity index (χ1n) is 11.0. The van der Waals surface area contributed by atoms with Crippen LogP contribution in [0.2, 0.25) is 0 Å². The second kappa shape index (κ2) is 7.70. The zero-order valence-electron chi connectivity index (χ0n) is 17.9. The largest absolute Gasteiger partial charge is 0.353 e. The van der Waals surface area contributed by atoms with Crippen molar-refractivity contribution in [1.82, 2.24) is 19.3 Å². The lowest BCUT2D eigenvalue weighted by Gasteiger charge is -2.35. The van der Waals surface area contributed by atoms with Crippen LogP contribution in [0.1, 0.15) is 10.4 Å². The molecule has 0 N–H and O–H groups in total. The zero-order valence-corrected chi connectivity index (χ0v) is 17.9. The molecule has 0 atom stereocenters. The highest BCUT2D eigenvalue weighted by Crippen LogP contribution is 2.22. The average Bonchev–Trinajstić information content (AvgIpc) is 2.88. The van der Waals surface area contributed by atoms with Gasteiger partial charge in [-0.15, -0.1) is 0 Å². The van der Waals surface area contributed by atoms with E-state index in [1.165, 1.54) is 4.40 Å². The van der Waals surface area contributed by atoms with Gasteiger partial charge in [0.1, 0.15) is 5.82 Å². The van der Waals surface area contributed by atoms with Crippen molar-refractivity contribution < 1.29 is 4.79 Å². The molecule has 0 spiro atoms. The molecule has 5 aromatic rings. The third-order valence-corrected chi connectivity index (χ3v) is 6.28. The maximum Gasteiger partial charge on any atom is 0.265 e. The summed E-state index contributed by atoms with van der Waals surface area (Å²) in [7, 11) is 0. The normalized spacial score (nSPS) is 14.3. The Morgan fingerprint density at radius 3 is 2.36 bits per heavy atom. The molecular formula is C26H21N5O2. The maximum atomic E-state index is 13.5. The molecule has 0 saturated carbocycles. The number of aromatic nitrogens is 3. The number of benzene rings is 2. The third-order valence-electron chi connectivity index (χ3n) is 6.28. The summed E-state index contributed by atoms with van der Waals surface area (Å²) in [6.45, 7) is 2.57. The molecule has 33 heavy (non-hydrogen) atoms. The van der Waals surface area contributed by atoms with E-state index in [0.29, 0.717) is 48.3 Å². The number of nitrogens with zero attached hydrogens (tertiary/aromatic N) is 5. The fourth-order valence-electron chi connectivity index (χ4n) is 4.53. The van der Waals surface area contributed by atoms with Gasteiger partial charge in [0, 0.05) is 38.6 Å². The lowest BCUT2D eigenvalue weighted by atomic mass is 10.1. The van der Waals surface area contributed by atoms with Gasteiger partial charge in [0.2, 0.25) is 0 Å². The van der Waals surface area contributed by atoms with Crippen molar-refractivity contribution in [1.29, 1.82) is 0 Å². The van der Waals surface area contributed by atoms with E-state index < -0.39 is 0 Å². The Hall–Kier alpha value is -4.26. The number of piperazine rings is 1. The quantitative estimate of drug-likeness (QED) is 0.398. The van der Waals surface area contributed by atoms with E-state index in [4.69, 9.17) is 4.98 Å². The molecule has 1 aliphatic heterocycles. The number of hydrogen-bond donors (Lipinski definition) is 0. The predicted octanol–water partition coefficient (Wildman–Crippen LogP) is 3.36. The summed E-state index contributed by atoms with van der Waals surface area (Å²) in [5.74, 6) is 0.808. The summed E-state index contributed by atoms with van der Waals surface area (Å²) in [6.07, 6.45) is 3.45. The number of carbonyl (C=O) groups is 1. The molecule has 0 aliphatic carbocycles. The molecule has 0 bridgehead atoms. The van der Waals surface area contributed by atoms with E-state index in [-0.39, 0.29) is 11.5 Å². The van der Waals surface area contributed by atoms with E-state index in [9.17, 15) is 9.59 Å². The van der Waals surface area contributed by atoms with E-state index in [2.05, 4.69) is 9.88 Å². The lowest BCUT2D eigenvalue weighted by Crippen LogP contribution is -2.49.